The van der Waals surface area contributed by atoms with Gasteiger partial charge in [0.05, 0.1) is 12.8 Å². The Balaban J connectivity index is 2.84. The fourth-order valence-corrected chi connectivity index (χ4v) is 2.15. The molecule has 1 aromatic rings. The van der Waals surface area contributed by atoms with Crippen LogP contribution in [0.15, 0.2) is 6.07 Å². The quantitative estimate of drug-likeness (QED) is 0.646. The predicted octanol–water partition coefficient (Wildman–Crippen LogP) is 1.14. The van der Waals surface area contributed by atoms with Crippen LogP contribution in [0.4, 0.5) is 10.5 Å². The van der Waals surface area contributed by atoms with Crippen LogP contribution in [-0.2, 0) is 9.47 Å². The lowest BCUT2D eigenvalue weighted by Crippen LogP contribution is -2.27. The number of methoxy groups -OCH3 is 1. The first kappa shape index (κ1) is 14.6. The molecular weight excluding hydrogens is 253 g/mol. The Labute approximate surface area is 111 Å². The Morgan fingerprint density at radius 3 is 2.50 bits per heavy atom. The van der Waals surface area contributed by atoms with Crippen LogP contribution in [-0.4, -0.2) is 32.6 Å². The largest absolute Gasteiger partial charge is 0.465 e. The van der Waals surface area contributed by atoms with Crippen molar-refractivity contribution in [1.29, 1.82) is 0 Å². The Hall–Kier alpha value is -1.50. The Kier molecular flexibility index (Phi) is 4.40. The van der Waals surface area contributed by atoms with Crippen molar-refractivity contribution in [2.45, 2.75) is 26.4 Å². The lowest BCUT2D eigenvalue weighted by atomic mass is 10.1. The van der Waals surface area contributed by atoms with Crippen LogP contribution in [0.25, 0.3) is 0 Å². The van der Waals surface area contributed by atoms with E-state index >= 15 is 0 Å². The molecule has 0 aliphatic heterocycles. The van der Waals surface area contributed by atoms with Crippen molar-refractivity contribution in [3.63, 3.8) is 0 Å². The maximum absolute atomic E-state index is 11.6. The summed E-state index contributed by atoms with van der Waals surface area (Å²) in [6.45, 7) is 5.31. The molecule has 0 fully saturated rings. The van der Waals surface area contributed by atoms with E-state index in [0.29, 0.717) is 10.6 Å². The third-order valence-corrected chi connectivity index (χ3v) is 2.89. The molecule has 0 aliphatic rings. The fourth-order valence-electron chi connectivity index (χ4n) is 1.26. The minimum Gasteiger partial charge on any atom is -0.465 e. The molecule has 1 N–H and O–H groups in total. The van der Waals surface area contributed by atoms with Crippen molar-refractivity contribution in [2.24, 2.45) is 0 Å². The summed E-state index contributed by atoms with van der Waals surface area (Å²) < 4.78 is 10.7. The van der Waals surface area contributed by atoms with Gasteiger partial charge in [-0.2, -0.15) is 0 Å². The molecule has 0 unspecified atom stereocenters. The summed E-state index contributed by atoms with van der Waals surface area (Å²) in [5.41, 5.74) is -0.167. The Morgan fingerprint density at radius 2 is 2.00 bits per heavy atom. The highest BCUT2D eigenvalue weighted by Gasteiger charge is 2.20. The van der Waals surface area contributed by atoms with Gasteiger partial charge in [0.1, 0.15) is 10.5 Å². The first-order valence-corrected chi connectivity index (χ1v) is 6.23. The molecule has 0 aromatic carbocycles. The smallest absolute Gasteiger partial charge is 0.412 e. The van der Waals surface area contributed by atoms with Crippen LogP contribution in [0.1, 0.15) is 30.4 Å². The molecule has 1 amide bonds. The Morgan fingerprint density at radius 1 is 1.39 bits per heavy atom. The van der Waals surface area contributed by atoms with Crippen molar-refractivity contribution in [2.75, 3.05) is 12.4 Å². The van der Waals surface area contributed by atoms with E-state index in [1.165, 1.54) is 18.4 Å². The lowest BCUT2D eigenvalue weighted by molar-refractivity contribution is 0.0607. The minimum atomic E-state index is -0.592. The van der Waals surface area contributed by atoms with Crippen LogP contribution < -0.4 is 10.1 Å². The maximum atomic E-state index is 11.6. The summed E-state index contributed by atoms with van der Waals surface area (Å²) in [5.74, 6) is -0.473. The number of hydrogen-bond acceptors (Lipinski definition) is 5. The van der Waals surface area contributed by atoms with Gasteiger partial charge in [-0.05, 0) is 31.6 Å². The number of ether oxygens (including phenoxy) is 2. The standard InChI is InChI=1S/C11H16BNO4S/c1-11(2,3)17-10(15)13-6-5-7(12)18-8(6)9(14)16-4/h5H,12H2,1-4H3,(H,13,15). The monoisotopic (exact) mass is 269 g/mol. The number of carbonyl (C=O) groups excluding carboxylic acids is 2. The fraction of sp³-hybridized carbons (Fsp3) is 0.455. The molecule has 0 bridgehead atoms. The van der Waals surface area contributed by atoms with Crippen molar-refractivity contribution in [3.8, 4) is 0 Å². The summed E-state index contributed by atoms with van der Waals surface area (Å²) in [7, 11) is 3.14. The van der Waals surface area contributed by atoms with Gasteiger partial charge in [0, 0.05) is 0 Å². The van der Waals surface area contributed by atoms with E-state index < -0.39 is 17.7 Å². The zero-order chi connectivity index (χ0) is 13.9. The van der Waals surface area contributed by atoms with Gasteiger partial charge in [0.15, 0.2) is 7.85 Å². The number of carbonyl (C=O) groups is 2. The zero-order valence-electron chi connectivity index (χ0n) is 11.1. The van der Waals surface area contributed by atoms with E-state index in [9.17, 15) is 9.59 Å². The van der Waals surface area contributed by atoms with E-state index in [1.54, 1.807) is 26.8 Å². The summed E-state index contributed by atoms with van der Waals surface area (Å²) in [5, 5.41) is 2.55. The molecule has 1 aromatic heterocycles. The van der Waals surface area contributed by atoms with Crippen molar-refractivity contribution in [1.82, 2.24) is 0 Å². The second kappa shape index (κ2) is 5.43. The van der Waals surface area contributed by atoms with Gasteiger partial charge in [-0.1, -0.05) is 0 Å². The topological polar surface area (TPSA) is 64.6 Å². The van der Waals surface area contributed by atoms with Gasteiger partial charge in [-0.25, -0.2) is 9.59 Å². The molecule has 0 atom stereocenters. The molecule has 7 heteroatoms. The molecule has 5 nitrogen and oxygen atoms in total. The van der Waals surface area contributed by atoms with Crippen LogP contribution in [0.3, 0.4) is 0 Å². The molecular formula is C11H16BNO4S. The van der Waals surface area contributed by atoms with Gasteiger partial charge in [0.25, 0.3) is 0 Å². The first-order chi connectivity index (χ1) is 8.23. The van der Waals surface area contributed by atoms with Crippen LogP contribution in [0.5, 0.6) is 0 Å². The predicted molar refractivity (Wildman–Crippen MR) is 73.7 cm³/mol. The SMILES string of the molecule is Bc1cc(NC(=O)OC(C)(C)C)c(C(=O)OC)s1. The minimum absolute atomic E-state index is 0.362. The zero-order valence-corrected chi connectivity index (χ0v) is 11.9. The number of amides is 1. The third kappa shape index (κ3) is 4.07. The van der Waals surface area contributed by atoms with E-state index in [4.69, 9.17) is 4.74 Å². The lowest BCUT2D eigenvalue weighted by Gasteiger charge is -2.19. The number of rotatable bonds is 2. The number of hydrogen-bond donors (Lipinski definition) is 1. The second-order valence-electron chi connectivity index (χ2n) is 4.72. The summed E-state index contributed by atoms with van der Waals surface area (Å²) in [6, 6.07) is 1.71. The Bertz CT molecular complexity index is 464. The average Bonchev–Trinajstić information content (AvgIpc) is 2.55. The van der Waals surface area contributed by atoms with E-state index in [2.05, 4.69) is 10.1 Å². The van der Waals surface area contributed by atoms with Crippen LogP contribution >= 0.6 is 11.3 Å². The molecule has 1 heterocycles. The molecule has 0 radical (unpaired) electrons. The number of anilines is 1. The maximum Gasteiger partial charge on any atom is 0.412 e. The molecule has 1 rings (SSSR count). The number of nitrogens with one attached hydrogen (secondary N) is 1. The summed E-state index contributed by atoms with van der Waals surface area (Å²) >= 11 is 1.26. The van der Waals surface area contributed by atoms with Crippen LogP contribution in [0, 0.1) is 0 Å². The highest BCUT2D eigenvalue weighted by molar-refractivity contribution is 7.22. The summed E-state index contributed by atoms with van der Waals surface area (Å²) in [6.07, 6.45) is -0.592. The first-order valence-electron chi connectivity index (χ1n) is 5.41. The van der Waals surface area contributed by atoms with E-state index in [-0.39, 0.29) is 0 Å². The van der Waals surface area contributed by atoms with E-state index in [0.717, 1.165) is 4.78 Å². The molecule has 0 saturated heterocycles. The van der Waals surface area contributed by atoms with Gasteiger partial charge in [-0.3, -0.25) is 5.32 Å². The highest BCUT2D eigenvalue weighted by Crippen LogP contribution is 2.21. The van der Waals surface area contributed by atoms with Crippen molar-refractivity contribution < 1.29 is 19.1 Å². The average molecular weight is 269 g/mol. The number of thiophene rings is 1. The molecule has 0 spiro atoms. The molecule has 98 valence electrons. The van der Waals surface area contributed by atoms with E-state index in [1.807, 2.05) is 7.85 Å². The third-order valence-electron chi connectivity index (χ3n) is 1.86. The van der Waals surface area contributed by atoms with Crippen LogP contribution in [0.2, 0.25) is 0 Å². The van der Waals surface area contributed by atoms with Gasteiger partial charge < -0.3 is 9.47 Å². The van der Waals surface area contributed by atoms with Gasteiger partial charge in [-0.15, -0.1) is 11.3 Å². The molecule has 18 heavy (non-hydrogen) atoms. The van der Waals surface area contributed by atoms with Crippen molar-refractivity contribution in [3.05, 3.63) is 10.9 Å². The van der Waals surface area contributed by atoms with Gasteiger partial charge >= 0.3 is 12.1 Å². The van der Waals surface area contributed by atoms with Gasteiger partial charge in [0.2, 0.25) is 0 Å². The highest BCUT2D eigenvalue weighted by atomic mass is 32.1. The summed E-state index contributed by atoms with van der Waals surface area (Å²) in [4.78, 5) is 23.5. The van der Waals surface area contributed by atoms with Crippen molar-refractivity contribution >= 4 is 41.7 Å². The normalized spacial score (nSPS) is 10.9. The number of esters is 1. The molecule has 0 aliphatic carbocycles. The molecule has 0 saturated carbocycles. The second-order valence-corrected chi connectivity index (χ2v) is 5.97.